The molecule has 5 nitrogen and oxygen atoms in total. The van der Waals surface area contributed by atoms with Crippen molar-refractivity contribution in [2.24, 2.45) is 0 Å². The minimum Gasteiger partial charge on any atom is -0.373 e. The molecule has 0 aliphatic carbocycles. The Balaban J connectivity index is 1.83. The van der Waals surface area contributed by atoms with Gasteiger partial charge in [-0.3, -0.25) is 10.00 Å². The maximum atomic E-state index is 4.41. The summed E-state index contributed by atoms with van der Waals surface area (Å²) in [6, 6.07) is 4.60. The van der Waals surface area contributed by atoms with Crippen LogP contribution in [0.2, 0.25) is 0 Å². The number of piperidine rings is 1. The highest BCUT2D eigenvalue weighted by atomic mass is 15.2. The molecule has 112 valence electrons. The molecule has 2 aromatic heterocycles. The van der Waals surface area contributed by atoms with Crippen molar-refractivity contribution in [2.75, 3.05) is 18.9 Å². The fourth-order valence-electron chi connectivity index (χ4n) is 3.21. The van der Waals surface area contributed by atoms with Gasteiger partial charge in [-0.2, -0.15) is 5.10 Å². The van der Waals surface area contributed by atoms with Crippen molar-refractivity contribution in [3.8, 4) is 0 Å². The van der Waals surface area contributed by atoms with E-state index in [9.17, 15) is 0 Å². The number of anilines is 1. The largest absolute Gasteiger partial charge is 0.373 e. The normalized spacial score (nSPS) is 19.6. The lowest BCUT2D eigenvalue weighted by Gasteiger charge is -2.35. The molecule has 1 aliphatic rings. The SMILES string of the molecule is CNc1ncccc1CN1CCCC[C@@H]1c1[nH]ncc1C. The molecule has 2 N–H and O–H groups in total. The standard InChI is InChI=1S/C16H23N5/c1-12-10-19-20-15(12)14-7-3-4-9-21(14)11-13-6-5-8-18-16(13)17-2/h5-6,8,10,14H,3-4,7,9,11H2,1-2H3,(H,17,18)(H,19,20)/t14-/m1/s1. The number of pyridine rings is 1. The van der Waals surface area contributed by atoms with E-state index in [-0.39, 0.29) is 0 Å². The van der Waals surface area contributed by atoms with Gasteiger partial charge in [0.15, 0.2) is 0 Å². The number of aromatic nitrogens is 3. The number of aryl methyl sites for hydroxylation is 1. The van der Waals surface area contributed by atoms with Gasteiger partial charge >= 0.3 is 0 Å². The molecule has 0 radical (unpaired) electrons. The van der Waals surface area contributed by atoms with Gasteiger partial charge in [0.05, 0.1) is 17.9 Å². The van der Waals surface area contributed by atoms with Crippen LogP contribution in [-0.4, -0.2) is 33.7 Å². The first-order valence-corrected chi connectivity index (χ1v) is 7.65. The summed E-state index contributed by atoms with van der Waals surface area (Å²) in [5.74, 6) is 0.975. The molecule has 1 aliphatic heterocycles. The zero-order chi connectivity index (χ0) is 14.7. The number of rotatable bonds is 4. The van der Waals surface area contributed by atoms with Crippen molar-refractivity contribution in [1.82, 2.24) is 20.1 Å². The predicted octanol–water partition coefficient (Wildman–Crippen LogP) is 2.88. The summed E-state index contributed by atoms with van der Waals surface area (Å²) >= 11 is 0. The number of hydrogen-bond donors (Lipinski definition) is 2. The zero-order valence-corrected chi connectivity index (χ0v) is 12.8. The van der Waals surface area contributed by atoms with Crippen molar-refractivity contribution in [3.63, 3.8) is 0 Å². The third-order valence-corrected chi connectivity index (χ3v) is 4.32. The molecule has 0 amide bonds. The lowest BCUT2D eigenvalue weighted by atomic mass is 9.97. The van der Waals surface area contributed by atoms with E-state index in [0.29, 0.717) is 6.04 Å². The highest BCUT2D eigenvalue weighted by Gasteiger charge is 2.26. The summed E-state index contributed by atoms with van der Waals surface area (Å²) < 4.78 is 0. The van der Waals surface area contributed by atoms with Crippen LogP contribution in [0.1, 0.15) is 42.1 Å². The van der Waals surface area contributed by atoms with E-state index in [2.05, 4.69) is 38.4 Å². The monoisotopic (exact) mass is 285 g/mol. The third-order valence-electron chi connectivity index (χ3n) is 4.32. The second-order valence-corrected chi connectivity index (χ2v) is 5.71. The van der Waals surface area contributed by atoms with Crippen LogP contribution in [0.15, 0.2) is 24.5 Å². The maximum absolute atomic E-state index is 4.41. The highest BCUT2D eigenvalue weighted by Crippen LogP contribution is 2.33. The van der Waals surface area contributed by atoms with Gasteiger partial charge in [0.25, 0.3) is 0 Å². The van der Waals surface area contributed by atoms with E-state index in [1.807, 2.05) is 25.5 Å². The number of nitrogens with zero attached hydrogens (tertiary/aromatic N) is 3. The van der Waals surface area contributed by atoms with Gasteiger partial charge in [0.1, 0.15) is 5.82 Å². The number of hydrogen-bond acceptors (Lipinski definition) is 4. The smallest absolute Gasteiger partial charge is 0.130 e. The second kappa shape index (κ2) is 6.26. The van der Waals surface area contributed by atoms with Gasteiger partial charge in [0.2, 0.25) is 0 Å². The fraction of sp³-hybridized carbons (Fsp3) is 0.500. The van der Waals surface area contributed by atoms with Crippen LogP contribution in [-0.2, 0) is 6.54 Å². The molecule has 1 fully saturated rings. The lowest BCUT2D eigenvalue weighted by Crippen LogP contribution is -2.33. The molecule has 3 heterocycles. The van der Waals surface area contributed by atoms with E-state index in [1.165, 1.54) is 36.1 Å². The Labute approximate surface area is 125 Å². The van der Waals surface area contributed by atoms with Crippen LogP contribution in [0.5, 0.6) is 0 Å². The van der Waals surface area contributed by atoms with Crippen molar-refractivity contribution in [3.05, 3.63) is 41.3 Å². The topological polar surface area (TPSA) is 56.8 Å². The predicted molar refractivity (Wildman–Crippen MR) is 84.1 cm³/mol. The van der Waals surface area contributed by atoms with Crippen LogP contribution in [0.4, 0.5) is 5.82 Å². The summed E-state index contributed by atoms with van der Waals surface area (Å²) in [5, 5.41) is 10.6. The van der Waals surface area contributed by atoms with E-state index in [4.69, 9.17) is 0 Å². The van der Waals surface area contributed by atoms with Crippen LogP contribution in [0, 0.1) is 6.92 Å². The van der Waals surface area contributed by atoms with Crippen molar-refractivity contribution in [1.29, 1.82) is 0 Å². The average molecular weight is 285 g/mol. The first-order valence-electron chi connectivity index (χ1n) is 7.65. The highest BCUT2D eigenvalue weighted by molar-refractivity contribution is 5.43. The quantitative estimate of drug-likeness (QED) is 0.907. The van der Waals surface area contributed by atoms with Gasteiger partial charge < -0.3 is 5.32 Å². The molecule has 0 bridgehead atoms. The summed E-state index contributed by atoms with van der Waals surface area (Å²) in [6.45, 7) is 4.18. The van der Waals surface area contributed by atoms with Gasteiger partial charge in [-0.05, 0) is 37.9 Å². The summed E-state index contributed by atoms with van der Waals surface area (Å²) in [7, 11) is 1.93. The van der Waals surface area contributed by atoms with Crippen molar-refractivity contribution < 1.29 is 0 Å². The lowest BCUT2D eigenvalue weighted by molar-refractivity contribution is 0.137. The molecule has 2 aromatic rings. The Hall–Kier alpha value is -1.88. The summed E-state index contributed by atoms with van der Waals surface area (Å²) in [5.41, 5.74) is 3.78. The number of aromatic amines is 1. The molecule has 0 spiro atoms. The van der Waals surface area contributed by atoms with Crippen LogP contribution in [0.25, 0.3) is 0 Å². The molecule has 21 heavy (non-hydrogen) atoms. The van der Waals surface area contributed by atoms with E-state index < -0.39 is 0 Å². The van der Waals surface area contributed by atoms with Crippen LogP contribution in [0.3, 0.4) is 0 Å². The Morgan fingerprint density at radius 3 is 3.10 bits per heavy atom. The van der Waals surface area contributed by atoms with Crippen LogP contribution < -0.4 is 5.32 Å². The molecule has 0 aromatic carbocycles. The number of nitrogens with one attached hydrogen (secondary N) is 2. The van der Waals surface area contributed by atoms with E-state index in [0.717, 1.165) is 18.9 Å². The Kier molecular flexibility index (Phi) is 4.20. The molecule has 1 atom stereocenters. The summed E-state index contributed by atoms with van der Waals surface area (Å²) in [6.07, 6.45) is 7.50. The molecule has 1 saturated heterocycles. The molecule has 5 heteroatoms. The molecule has 0 saturated carbocycles. The fourth-order valence-corrected chi connectivity index (χ4v) is 3.21. The Morgan fingerprint density at radius 1 is 1.43 bits per heavy atom. The molecular formula is C16H23N5. The molecular weight excluding hydrogens is 262 g/mol. The third kappa shape index (κ3) is 2.93. The first-order chi connectivity index (χ1) is 10.3. The number of likely N-dealkylation sites (tertiary alicyclic amines) is 1. The van der Waals surface area contributed by atoms with Crippen molar-refractivity contribution in [2.45, 2.75) is 38.8 Å². The first kappa shape index (κ1) is 14.1. The Bertz CT molecular complexity index is 592. The van der Waals surface area contributed by atoms with E-state index in [1.54, 1.807) is 0 Å². The summed E-state index contributed by atoms with van der Waals surface area (Å²) in [4.78, 5) is 6.95. The van der Waals surface area contributed by atoms with Gasteiger partial charge in [-0.25, -0.2) is 4.98 Å². The average Bonchev–Trinajstić information content (AvgIpc) is 2.94. The van der Waals surface area contributed by atoms with Gasteiger partial charge in [-0.1, -0.05) is 12.5 Å². The minimum absolute atomic E-state index is 0.436. The minimum atomic E-state index is 0.436. The maximum Gasteiger partial charge on any atom is 0.130 e. The van der Waals surface area contributed by atoms with Crippen molar-refractivity contribution >= 4 is 5.82 Å². The van der Waals surface area contributed by atoms with Gasteiger partial charge in [-0.15, -0.1) is 0 Å². The second-order valence-electron chi connectivity index (χ2n) is 5.71. The Morgan fingerprint density at radius 2 is 2.33 bits per heavy atom. The van der Waals surface area contributed by atoms with E-state index >= 15 is 0 Å². The van der Waals surface area contributed by atoms with Gasteiger partial charge in [0, 0.05) is 25.4 Å². The molecule has 3 rings (SSSR count). The van der Waals surface area contributed by atoms with Crippen LogP contribution >= 0.6 is 0 Å². The molecule has 0 unspecified atom stereocenters. The number of H-pyrrole nitrogens is 1. The zero-order valence-electron chi connectivity index (χ0n) is 12.8.